The van der Waals surface area contributed by atoms with Gasteiger partial charge in [-0.1, -0.05) is 12.1 Å². The van der Waals surface area contributed by atoms with E-state index < -0.39 is 0 Å². The first kappa shape index (κ1) is 21.0. The van der Waals surface area contributed by atoms with Crippen LogP contribution in [0.3, 0.4) is 0 Å². The van der Waals surface area contributed by atoms with Crippen LogP contribution in [0.25, 0.3) is 22.3 Å². The molecule has 2 aromatic carbocycles. The Balaban J connectivity index is 1.69. The van der Waals surface area contributed by atoms with E-state index in [1.165, 1.54) is 6.33 Å². The molecule has 4 aromatic rings. The van der Waals surface area contributed by atoms with E-state index in [0.29, 0.717) is 34.6 Å². The van der Waals surface area contributed by atoms with Crippen molar-refractivity contribution in [2.24, 2.45) is 0 Å². The summed E-state index contributed by atoms with van der Waals surface area (Å²) in [6.45, 7) is 2.64. The van der Waals surface area contributed by atoms with Crippen LogP contribution in [0.4, 0.5) is 11.5 Å². The summed E-state index contributed by atoms with van der Waals surface area (Å²) in [7, 11) is 1.64. The van der Waals surface area contributed by atoms with Gasteiger partial charge < -0.3 is 25.5 Å². The van der Waals surface area contributed by atoms with Crippen LogP contribution >= 0.6 is 0 Å². The van der Waals surface area contributed by atoms with Crippen LogP contribution < -0.4 is 11.1 Å². The summed E-state index contributed by atoms with van der Waals surface area (Å²) in [6, 6.07) is 14.3. The Morgan fingerprint density at radius 1 is 1.15 bits per heavy atom. The molecule has 0 saturated heterocycles. The smallest absolute Gasteiger partial charge is 0.258 e. The van der Waals surface area contributed by atoms with Gasteiger partial charge in [-0.05, 0) is 67.3 Å². The van der Waals surface area contributed by atoms with E-state index in [0.717, 1.165) is 24.0 Å². The molecule has 1 aliphatic rings. The van der Waals surface area contributed by atoms with Crippen molar-refractivity contribution in [1.82, 2.24) is 14.5 Å². The minimum Gasteiger partial charge on any atom is -0.508 e. The number of carbonyl (C=O) groups is 1. The number of hydrogen-bond donors (Lipinski definition) is 3. The number of nitrogens with one attached hydrogen (secondary N) is 1. The SMILES string of the molecule is COCc1ccc(NC(=O)c2c(-c3ccc(O)cc3)n(C3(C)CC3)c3ncnc(N)c23)cc1. The number of aromatic nitrogens is 3. The molecule has 1 fully saturated rings. The van der Waals surface area contributed by atoms with E-state index in [2.05, 4.69) is 26.8 Å². The number of aromatic hydroxyl groups is 1. The van der Waals surface area contributed by atoms with Crippen LogP contribution in [0, 0.1) is 0 Å². The maximum Gasteiger partial charge on any atom is 0.258 e. The Hall–Kier alpha value is -3.91. The third kappa shape index (κ3) is 3.68. The number of methoxy groups -OCH3 is 1. The fourth-order valence-electron chi connectivity index (χ4n) is 4.22. The van der Waals surface area contributed by atoms with Crippen molar-refractivity contribution >= 4 is 28.4 Å². The van der Waals surface area contributed by atoms with Gasteiger partial charge in [-0.3, -0.25) is 4.79 Å². The Labute approximate surface area is 191 Å². The second-order valence-electron chi connectivity index (χ2n) is 8.64. The van der Waals surface area contributed by atoms with E-state index in [1.54, 1.807) is 31.4 Å². The zero-order valence-electron chi connectivity index (χ0n) is 18.5. The lowest BCUT2D eigenvalue weighted by Gasteiger charge is -2.18. The monoisotopic (exact) mass is 443 g/mol. The van der Waals surface area contributed by atoms with Crippen molar-refractivity contribution in [3.8, 4) is 17.0 Å². The number of hydrogen-bond acceptors (Lipinski definition) is 6. The van der Waals surface area contributed by atoms with Gasteiger partial charge in [0.05, 0.1) is 23.3 Å². The fraction of sp³-hybridized carbons (Fsp3) is 0.240. The topological polar surface area (TPSA) is 115 Å². The molecule has 1 saturated carbocycles. The Morgan fingerprint density at radius 3 is 2.48 bits per heavy atom. The van der Waals surface area contributed by atoms with Gasteiger partial charge in [-0.2, -0.15) is 0 Å². The van der Waals surface area contributed by atoms with Gasteiger partial charge in [0.2, 0.25) is 0 Å². The molecule has 5 rings (SSSR count). The van der Waals surface area contributed by atoms with E-state index in [1.807, 2.05) is 24.3 Å². The molecule has 4 N–H and O–H groups in total. The largest absolute Gasteiger partial charge is 0.508 e. The molecule has 2 heterocycles. The zero-order valence-corrected chi connectivity index (χ0v) is 18.5. The number of carbonyl (C=O) groups excluding carboxylic acids is 1. The summed E-state index contributed by atoms with van der Waals surface area (Å²) in [4.78, 5) is 22.4. The number of rotatable bonds is 6. The number of amides is 1. The van der Waals surface area contributed by atoms with Gasteiger partial charge in [0.1, 0.15) is 23.5 Å². The molecule has 0 spiro atoms. The van der Waals surface area contributed by atoms with Gasteiger partial charge in [-0.25, -0.2) is 9.97 Å². The van der Waals surface area contributed by atoms with Crippen molar-refractivity contribution in [3.05, 3.63) is 66.0 Å². The molecule has 0 aliphatic heterocycles. The number of phenols is 1. The predicted molar refractivity (Wildman–Crippen MR) is 127 cm³/mol. The van der Waals surface area contributed by atoms with Crippen molar-refractivity contribution in [1.29, 1.82) is 0 Å². The summed E-state index contributed by atoms with van der Waals surface area (Å²) in [6.07, 6.45) is 3.36. The quantitative estimate of drug-likeness (QED) is 0.409. The van der Waals surface area contributed by atoms with Crippen molar-refractivity contribution < 1.29 is 14.6 Å². The summed E-state index contributed by atoms with van der Waals surface area (Å²) < 4.78 is 7.26. The zero-order chi connectivity index (χ0) is 23.2. The average Bonchev–Trinajstić information content (AvgIpc) is 3.43. The van der Waals surface area contributed by atoms with Crippen molar-refractivity contribution in [2.45, 2.75) is 31.9 Å². The maximum atomic E-state index is 13.7. The third-order valence-corrected chi connectivity index (χ3v) is 6.18. The third-order valence-electron chi connectivity index (χ3n) is 6.18. The van der Waals surface area contributed by atoms with Gasteiger partial charge >= 0.3 is 0 Å². The highest BCUT2D eigenvalue weighted by Crippen LogP contribution is 2.50. The minimum atomic E-state index is -0.299. The van der Waals surface area contributed by atoms with E-state index >= 15 is 0 Å². The maximum absolute atomic E-state index is 13.7. The molecule has 0 unspecified atom stereocenters. The Bertz CT molecular complexity index is 1340. The molecule has 0 radical (unpaired) electrons. The van der Waals surface area contributed by atoms with Crippen molar-refractivity contribution in [3.63, 3.8) is 0 Å². The molecule has 2 aromatic heterocycles. The Kier molecular flexibility index (Phi) is 5.02. The lowest BCUT2D eigenvalue weighted by molar-refractivity contribution is 0.102. The first-order chi connectivity index (χ1) is 15.9. The fourth-order valence-corrected chi connectivity index (χ4v) is 4.22. The number of nitrogen functional groups attached to an aromatic ring is 1. The van der Waals surface area contributed by atoms with E-state index in [4.69, 9.17) is 10.5 Å². The number of fused-ring (bicyclic) bond motifs is 1. The summed E-state index contributed by atoms with van der Waals surface area (Å²) in [5.41, 5.74) is 10.3. The first-order valence-electron chi connectivity index (χ1n) is 10.8. The molecule has 1 aliphatic carbocycles. The standard InChI is InChI=1S/C25H25N5O3/c1-25(11-12-25)30-21(16-5-9-18(31)10-6-16)19(20-22(26)27-14-28-23(20)30)24(32)29-17-7-3-15(4-8-17)13-33-2/h3-10,14,31H,11-13H2,1-2H3,(H,29,32)(H2,26,27,28). The minimum absolute atomic E-state index is 0.153. The van der Waals surface area contributed by atoms with Crippen LogP contribution in [0.5, 0.6) is 5.75 Å². The van der Waals surface area contributed by atoms with Crippen LogP contribution in [-0.2, 0) is 16.9 Å². The predicted octanol–water partition coefficient (Wildman–Crippen LogP) is 4.29. The molecule has 168 valence electrons. The van der Waals surface area contributed by atoms with E-state index in [9.17, 15) is 9.90 Å². The number of phenolic OH excluding ortho intramolecular Hbond substituents is 1. The molecule has 1 amide bonds. The molecule has 33 heavy (non-hydrogen) atoms. The highest BCUT2D eigenvalue weighted by Gasteiger charge is 2.44. The number of ether oxygens (including phenoxy) is 1. The number of nitrogens with zero attached hydrogens (tertiary/aromatic N) is 3. The van der Waals surface area contributed by atoms with Crippen LogP contribution in [0.15, 0.2) is 54.9 Å². The normalized spacial score (nSPS) is 14.4. The van der Waals surface area contributed by atoms with Gasteiger partial charge in [0, 0.05) is 18.3 Å². The summed E-state index contributed by atoms with van der Waals surface area (Å²) in [5.74, 6) is 0.108. The Morgan fingerprint density at radius 2 is 1.85 bits per heavy atom. The molecular formula is C25H25N5O3. The second kappa shape index (κ2) is 7.90. The first-order valence-corrected chi connectivity index (χ1v) is 10.8. The van der Waals surface area contributed by atoms with Gasteiger partial charge in [0.25, 0.3) is 5.91 Å². The van der Waals surface area contributed by atoms with Gasteiger partial charge in [0.15, 0.2) is 0 Å². The molecule has 8 nitrogen and oxygen atoms in total. The summed E-state index contributed by atoms with van der Waals surface area (Å²) >= 11 is 0. The van der Waals surface area contributed by atoms with Crippen molar-refractivity contribution in [2.75, 3.05) is 18.2 Å². The van der Waals surface area contributed by atoms with Crippen LogP contribution in [0.2, 0.25) is 0 Å². The number of anilines is 2. The highest BCUT2D eigenvalue weighted by molar-refractivity contribution is 6.19. The van der Waals surface area contributed by atoms with E-state index in [-0.39, 0.29) is 23.0 Å². The molecule has 0 bridgehead atoms. The number of nitrogens with two attached hydrogens (primary N) is 1. The van der Waals surface area contributed by atoms with Gasteiger partial charge in [-0.15, -0.1) is 0 Å². The van der Waals surface area contributed by atoms with Crippen LogP contribution in [0.1, 0.15) is 35.7 Å². The average molecular weight is 444 g/mol. The highest BCUT2D eigenvalue weighted by atomic mass is 16.5. The second-order valence-corrected chi connectivity index (χ2v) is 8.64. The lowest BCUT2D eigenvalue weighted by Crippen LogP contribution is -2.17. The summed E-state index contributed by atoms with van der Waals surface area (Å²) in [5, 5.41) is 13.4. The lowest BCUT2D eigenvalue weighted by atomic mass is 10.0. The molecule has 0 atom stereocenters. The molecular weight excluding hydrogens is 418 g/mol. The number of benzene rings is 2. The molecule has 8 heteroatoms. The van der Waals surface area contributed by atoms with Crippen LogP contribution in [-0.4, -0.2) is 32.7 Å².